The molecule has 6 nitrogen and oxygen atoms in total. The molecule has 0 spiro atoms. The normalized spacial score (nSPS) is 11.8. The molecule has 0 amide bonds. The number of allylic oxidation sites excluding steroid dienone is 1. The fourth-order valence-corrected chi connectivity index (χ4v) is 5.18. The zero-order valence-electron chi connectivity index (χ0n) is 17.3. The SMILES string of the molecule is N#C/C(=C(/O)CSc1nnc(-c2ccccc2)n1-c1ccccc1)c1nc2ccccc2s1. The van der Waals surface area contributed by atoms with E-state index in [0.29, 0.717) is 16.0 Å². The molecule has 0 aliphatic carbocycles. The van der Waals surface area contributed by atoms with Gasteiger partial charge in [0.2, 0.25) is 0 Å². The Labute approximate surface area is 198 Å². The van der Waals surface area contributed by atoms with Gasteiger partial charge >= 0.3 is 0 Å². The topological polar surface area (TPSA) is 87.6 Å². The van der Waals surface area contributed by atoms with E-state index in [1.807, 2.05) is 89.5 Å². The van der Waals surface area contributed by atoms with Crippen molar-refractivity contribution in [2.45, 2.75) is 5.16 Å². The van der Waals surface area contributed by atoms with Crippen LogP contribution < -0.4 is 0 Å². The number of aliphatic hydroxyl groups excluding tert-OH is 1. The lowest BCUT2D eigenvalue weighted by Crippen LogP contribution is -2.01. The van der Waals surface area contributed by atoms with Gasteiger partial charge in [-0.2, -0.15) is 5.26 Å². The van der Waals surface area contributed by atoms with Crippen LogP contribution in [0.4, 0.5) is 0 Å². The van der Waals surface area contributed by atoms with Gasteiger partial charge in [0.25, 0.3) is 0 Å². The van der Waals surface area contributed by atoms with Crippen LogP contribution in [0, 0.1) is 11.3 Å². The van der Waals surface area contributed by atoms with Crippen LogP contribution in [0.15, 0.2) is 95.8 Å². The summed E-state index contributed by atoms with van der Waals surface area (Å²) in [5, 5.41) is 30.4. The number of hydrogen-bond donors (Lipinski definition) is 1. The van der Waals surface area contributed by atoms with Gasteiger partial charge in [0.15, 0.2) is 11.0 Å². The van der Waals surface area contributed by atoms with Gasteiger partial charge in [0.05, 0.1) is 16.0 Å². The van der Waals surface area contributed by atoms with Crippen LogP contribution in [0.2, 0.25) is 0 Å². The number of hydrogen-bond acceptors (Lipinski definition) is 7. The molecule has 0 atom stereocenters. The Morgan fingerprint density at radius 2 is 1.64 bits per heavy atom. The lowest BCUT2D eigenvalue weighted by Gasteiger charge is -2.10. The molecule has 0 aliphatic rings. The summed E-state index contributed by atoms with van der Waals surface area (Å²) in [5.74, 6) is 0.836. The second-order valence-corrected chi connectivity index (χ2v) is 9.03. The number of para-hydroxylation sites is 2. The summed E-state index contributed by atoms with van der Waals surface area (Å²) in [5.41, 5.74) is 2.84. The van der Waals surface area contributed by atoms with Crippen molar-refractivity contribution in [3.63, 3.8) is 0 Å². The summed E-state index contributed by atoms with van der Waals surface area (Å²) in [6, 6.07) is 29.4. The van der Waals surface area contributed by atoms with Crippen molar-refractivity contribution in [2.75, 3.05) is 5.75 Å². The molecule has 5 rings (SSSR count). The maximum Gasteiger partial charge on any atom is 0.196 e. The molecule has 1 N–H and O–H groups in total. The number of nitrogens with zero attached hydrogens (tertiary/aromatic N) is 5. The molecule has 5 aromatic rings. The van der Waals surface area contributed by atoms with E-state index in [9.17, 15) is 10.4 Å². The number of fused-ring (bicyclic) bond motifs is 1. The molecule has 0 fully saturated rings. The van der Waals surface area contributed by atoms with Crippen molar-refractivity contribution in [2.24, 2.45) is 0 Å². The molecular formula is C25H17N5OS2. The van der Waals surface area contributed by atoms with E-state index in [2.05, 4.69) is 21.3 Å². The van der Waals surface area contributed by atoms with Gasteiger partial charge in [0.1, 0.15) is 22.4 Å². The summed E-state index contributed by atoms with van der Waals surface area (Å²) >= 11 is 2.71. The van der Waals surface area contributed by atoms with Gasteiger partial charge in [-0.1, -0.05) is 72.4 Å². The molecular weight excluding hydrogens is 450 g/mol. The minimum absolute atomic E-state index is 0.0366. The van der Waals surface area contributed by atoms with Crippen LogP contribution in [0.25, 0.3) is 32.9 Å². The average Bonchev–Trinajstić information content (AvgIpc) is 3.48. The molecule has 33 heavy (non-hydrogen) atoms. The van der Waals surface area contributed by atoms with E-state index in [4.69, 9.17) is 0 Å². The van der Waals surface area contributed by atoms with Crippen molar-refractivity contribution in [1.29, 1.82) is 5.26 Å². The average molecular weight is 468 g/mol. The first-order valence-corrected chi connectivity index (χ1v) is 11.9. The molecule has 0 saturated carbocycles. The Hall–Kier alpha value is -3.93. The highest BCUT2D eigenvalue weighted by Crippen LogP contribution is 2.32. The Balaban J connectivity index is 1.49. The van der Waals surface area contributed by atoms with E-state index in [0.717, 1.165) is 21.5 Å². The summed E-state index contributed by atoms with van der Waals surface area (Å²) in [7, 11) is 0. The van der Waals surface area contributed by atoms with Crippen LogP contribution in [0.5, 0.6) is 0 Å². The highest BCUT2D eigenvalue weighted by Gasteiger charge is 2.19. The molecule has 0 bridgehead atoms. The van der Waals surface area contributed by atoms with Gasteiger partial charge in [-0.15, -0.1) is 21.5 Å². The fourth-order valence-electron chi connectivity index (χ4n) is 3.37. The standard InChI is InChI=1S/C25H17N5OS2/c26-15-19(24-27-20-13-7-8-14-22(20)33-24)21(31)16-32-25-29-28-23(17-9-3-1-4-10-17)30(25)18-11-5-2-6-12-18/h1-14,31H,16H2/b21-19-. The molecule has 160 valence electrons. The smallest absolute Gasteiger partial charge is 0.196 e. The van der Waals surface area contributed by atoms with Gasteiger partial charge in [-0.05, 0) is 24.3 Å². The monoisotopic (exact) mass is 467 g/mol. The molecule has 0 saturated heterocycles. The number of thioether (sulfide) groups is 1. The highest BCUT2D eigenvalue weighted by molar-refractivity contribution is 7.99. The van der Waals surface area contributed by atoms with Gasteiger partial charge in [-0.3, -0.25) is 4.57 Å². The van der Waals surface area contributed by atoms with Gasteiger partial charge in [0, 0.05) is 11.3 Å². The van der Waals surface area contributed by atoms with Crippen LogP contribution in [-0.2, 0) is 0 Å². The molecule has 3 aromatic carbocycles. The summed E-state index contributed by atoms with van der Waals surface area (Å²) < 4.78 is 2.92. The second kappa shape index (κ2) is 9.28. The third-order valence-corrected chi connectivity index (χ3v) is 6.92. The lowest BCUT2D eigenvalue weighted by molar-refractivity contribution is 0.420. The van der Waals surface area contributed by atoms with E-state index in [1.54, 1.807) is 0 Å². The van der Waals surface area contributed by atoms with Crippen LogP contribution in [-0.4, -0.2) is 30.6 Å². The minimum atomic E-state index is -0.0366. The van der Waals surface area contributed by atoms with Crippen molar-refractivity contribution in [3.05, 3.63) is 95.7 Å². The van der Waals surface area contributed by atoms with Crippen molar-refractivity contribution < 1.29 is 5.11 Å². The third kappa shape index (κ3) is 4.24. The Bertz CT molecular complexity index is 1450. The predicted molar refractivity (Wildman–Crippen MR) is 132 cm³/mol. The minimum Gasteiger partial charge on any atom is -0.510 e. The van der Waals surface area contributed by atoms with Gasteiger partial charge < -0.3 is 5.11 Å². The summed E-state index contributed by atoms with van der Waals surface area (Å²) in [4.78, 5) is 4.50. The number of aliphatic hydroxyl groups is 1. The zero-order valence-corrected chi connectivity index (χ0v) is 18.9. The number of nitriles is 1. The molecule has 0 radical (unpaired) electrons. The highest BCUT2D eigenvalue weighted by atomic mass is 32.2. The van der Waals surface area contributed by atoms with E-state index in [-0.39, 0.29) is 17.1 Å². The second-order valence-electron chi connectivity index (χ2n) is 7.05. The van der Waals surface area contributed by atoms with E-state index >= 15 is 0 Å². The molecule has 2 heterocycles. The quantitative estimate of drug-likeness (QED) is 0.184. The summed E-state index contributed by atoms with van der Waals surface area (Å²) in [6.07, 6.45) is 0. The lowest BCUT2D eigenvalue weighted by atomic mass is 10.2. The summed E-state index contributed by atoms with van der Waals surface area (Å²) in [6.45, 7) is 0. The van der Waals surface area contributed by atoms with Crippen LogP contribution in [0.3, 0.4) is 0 Å². The number of thiazole rings is 1. The maximum absolute atomic E-state index is 10.8. The van der Waals surface area contributed by atoms with Crippen molar-refractivity contribution in [3.8, 4) is 23.1 Å². The maximum atomic E-state index is 10.8. The molecule has 2 aromatic heterocycles. The number of aromatic nitrogens is 4. The third-order valence-electron chi connectivity index (χ3n) is 4.93. The number of rotatable bonds is 6. The first-order valence-electron chi connectivity index (χ1n) is 10.1. The molecule has 0 aliphatic heterocycles. The predicted octanol–water partition coefficient (Wildman–Crippen LogP) is 6.13. The van der Waals surface area contributed by atoms with E-state index < -0.39 is 0 Å². The first kappa shape index (κ1) is 20.9. The molecule has 0 unspecified atom stereocenters. The number of benzene rings is 3. The zero-order chi connectivity index (χ0) is 22.6. The Morgan fingerprint density at radius 3 is 2.36 bits per heavy atom. The van der Waals surface area contributed by atoms with Crippen LogP contribution >= 0.6 is 23.1 Å². The van der Waals surface area contributed by atoms with Crippen LogP contribution in [0.1, 0.15) is 5.01 Å². The largest absolute Gasteiger partial charge is 0.510 e. The van der Waals surface area contributed by atoms with Crippen molar-refractivity contribution in [1.82, 2.24) is 19.7 Å². The Kier molecular flexibility index (Phi) is 5.89. The fraction of sp³-hybridized carbons (Fsp3) is 0.0400. The van der Waals surface area contributed by atoms with Crippen molar-refractivity contribution >= 4 is 38.9 Å². The Morgan fingerprint density at radius 1 is 0.939 bits per heavy atom. The molecule has 8 heteroatoms. The van der Waals surface area contributed by atoms with Gasteiger partial charge in [-0.25, -0.2) is 4.98 Å². The van der Waals surface area contributed by atoms with E-state index in [1.165, 1.54) is 23.1 Å². The first-order chi connectivity index (χ1) is 16.2.